The van der Waals surface area contributed by atoms with Crippen LogP contribution in [0.2, 0.25) is 0 Å². The van der Waals surface area contributed by atoms with Crippen molar-refractivity contribution >= 4 is 23.0 Å². The molecule has 0 fully saturated rings. The molecular weight excluding hydrogens is 298 g/mol. The Hall–Kier alpha value is -2.46. The van der Waals surface area contributed by atoms with Crippen LogP contribution in [-0.2, 0) is 4.79 Å². The molecule has 124 valence electrons. The van der Waals surface area contributed by atoms with Crippen LogP contribution in [0.5, 0.6) is 0 Å². The Bertz CT molecular complexity index is 778. The van der Waals surface area contributed by atoms with Gasteiger partial charge in [0, 0.05) is 5.56 Å². The van der Waals surface area contributed by atoms with Gasteiger partial charge in [-0.25, -0.2) is 4.99 Å². The molecule has 4 heteroatoms. The SMILES string of the molecule is CCN(CC)CN1C(=O)C(=Nc2cccc(C)c2)c2ccccc21. The van der Waals surface area contributed by atoms with E-state index >= 15 is 0 Å². The number of para-hydroxylation sites is 1. The lowest BCUT2D eigenvalue weighted by Crippen LogP contribution is -2.41. The first-order chi connectivity index (χ1) is 11.6. The van der Waals surface area contributed by atoms with Crippen LogP contribution in [0, 0.1) is 6.92 Å². The van der Waals surface area contributed by atoms with Crippen LogP contribution in [-0.4, -0.2) is 36.3 Å². The molecule has 0 N–H and O–H groups in total. The number of carbonyl (C=O) groups excluding carboxylic acids is 1. The van der Waals surface area contributed by atoms with Gasteiger partial charge in [0.1, 0.15) is 5.71 Å². The van der Waals surface area contributed by atoms with Gasteiger partial charge in [-0.2, -0.15) is 0 Å². The number of carbonyl (C=O) groups is 1. The number of aliphatic imine (C=N–C) groups is 1. The minimum atomic E-state index is -0.0235. The smallest absolute Gasteiger partial charge is 0.278 e. The van der Waals surface area contributed by atoms with Gasteiger partial charge < -0.3 is 0 Å². The highest BCUT2D eigenvalue weighted by molar-refractivity contribution is 6.54. The van der Waals surface area contributed by atoms with E-state index in [1.54, 1.807) is 0 Å². The van der Waals surface area contributed by atoms with Crippen LogP contribution in [0.4, 0.5) is 11.4 Å². The van der Waals surface area contributed by atoms with Crippen LogP contribution < -0.4 is 4.90 Å². The number of amides is 1. The highest BCUT2D eigenvalue weighted by Gasteiger charge is 2.34. The third kappa shape index (κ3) is 3.10. The maximum Gasteiger partial charge on any atom is 0.278 e. The van der Waals surface area contributed by atoms with Crippen molar-refractivity contribution < 1.29 is 4.79 Å². The lowest BCUT2D eigenvalue weighted by molar-refractivity contribution is -0.112. The zero-order valence-corrected chi connectivity index (χ0v) is 14.5. The van der Waals surface area contributed by atoms with E-state index in [0.29, 0.717) is 12.4 Å². The second kappa shape index (κ2) is 6.97. The molecule has 2 aromatic carbocycles. The van der Waals surface area contributed by atoms with Crippen LogP contribution in [0.15, 0.2) is 53.5 Å². The zero-order valence-electron chi connectivity index (χ0n) is 14.5. The van der Waals surface area contributed by atoms with Crippen LogP contribution >= 0.6 is 0 Å². The molecule has 1 amide bonds. The Balaban J connectivity index is 2.01. The largest absolute Gasteiger partial charge is 0.293 e. The number of hydrogen-bond acceptors (Lipinski definition) is 3. The number of nitrogens with zero attached hydrogens (tertiary/aromatic N) is 3. The Morgan fingerprint density at radius 3 is 2.50 bits per heavy atom. The van der Waals surface area contributed by atoms with E-state index < -0.39 is 0 Å². The molecule has 1 heterocycles. The zero-order chi connectivity index (χ0) is 17.1. The predicted octanol–water partition coefficient (Wildman–Crippen LogP) is 3.76. The van der Waals surface area contributed by atoms with Crippen LogP contribution in [0.1, 0.15) is 25.0 Å². The fraction of sp³-hybridized carbons (Fsp3) is 0.300. The monoisotopic (exact) mass is 321 g/mol. The number of anilines is 1. The van der Waals surface area contributed by atoms with E-state index in [4.69, 9.17) is 0 Å². The summed E-state index contributed by atoms with van der Waals surface area (Å²) in [5, 5.41) is 0. The van der Waals surface area contributed by atoms with E-state index in [9.17, 15) is 4.79 Å². The first-order valence-electron chi connectivity index (χ1n) is 8.43. The quantitative estimate of drug-likeness (QED) is 0.840. The summed E-state index contributed by atoms with van der Waals surface area (Å²) in [7, 11) is 0. The maximum absolute atomic E-state index is 13.0. The van der Waals surface area contributed by atoms with E-state index in [1.807, 2.05) is 60.4 Å². The predicted molar refractivity (Wildman–Crippen MR) is 99.1 cm³/mol. The molecule has 2 aromatic rings. The molecular formula is C20H23N3O. The minimum absolute atomic E-state index is 0.0235. The molecule has 0 saturated carbocycles. The number of fused-ring (bicyclic) bond motifs is 1. The number of rotatable bonds is 5. The van der Waals surface area contributed by atoms with E-state index in [-0.39, 0.29) is 5.91 Å². The van der Waals surface area contributed by atoms with Gasteiger partial charge in [-0.1, -0.05) is 44.2 Å². The standard InChI is InChI=1S/C20H23N3O/c1-4-22(5-2)14-23-18-12-7-6-11-17(18)19(20(23)24)21-16-10-8-9-15(3)13-16/h6-13H,4-5,14H2,1-3H3. The third-order valence-corrected chi connectivity index (χ3v) is 4.38. The van der Waals surface area contributed by atoms with E-state index in [2.05, 4.69) is 23.7 Å². The summed E-state index contributed by atoms with van der Waals surface area (Å²) in [6, 6.07) is 15.8. The third-order valence-electron chi connectivity index (χ3n) is 4.38. The number of hydrogen-bond donors (Lipinski definition) is 0. The Kier molecular flexibility index (Phi) is 4.76. The molecule has 4 nitrogen and oxygen atoms in total. The normalized spacial score (nSPS) is 15.4. The first-order valence-corrected chi connectivity index (χ1v) is 8.43. The van der Waals surface area contributed by atoms with Crippen molar-refractivity contribution in [2.24, 2.45) is 4.99 Å². The average Bonchev–Trinajstić information content (AvgIpc) is 2.85. The summed E-state index contributed by atoms with van der Waals surface area (Å²) in [4.78, 5) is 21.7. The summed E-state index contributed by atoms with van der Waals surface area (Å²) in [5.41, 5.74) is 4.34. The van der Waals surface area contributed by atoms with Crippen molar-refractivity contribution in [1.29, 1.82) is 0 Å². The van der Waals surface area contributed by atoms with Gasteiger partial charge in [-0.3, -0.25) is 14.6 Å². The molecule has 1 aliphatic heterocycles. The molecule has 0 saturated heterocycles. The second-order valence-corrected chi connectivity index (χ2v) is 5.99. The highest BCUT2D eigenvalue weighted by Crippen LogP contribution is 2.31. The molecule has 0 radical (unpaired) electrons. The first kappa shape index (κ1) is 16.4. The van der Waals surface area contributed by atoms with E-state index in [1.165, 1.54) is 0 Å². The Morgan fingerprint density at radius 1 is 1.04 bits per heavy atom. The van der Waals surface area contributed by atoms with E-state index in [0.717, 1.165) is 35.6 Å². The molecule has 0 unspecified atom stereocenters. The summed E-state index contributed by atoms with van der Waals surface area (Å²) < 4.78 is 0. The summed E-state index contributed by atoms with van der Waals surface area (Å²) in [6.07, 6.45) is 0. The van der Waals surface area contributed by atoms with Gasteiger partial charge in [0.2, 0.25) is 0 Å². The van der Waals surface area contributed by atoms with Crippen molar-refractivity contribution in [2.45, 2.75) is 20.8 Å². The van der Waals surface area contributed by atoms with Gasteiger partial charge in [-0.05, 0) is 43.8 Å². The van der Waals surface area contributed by atoms with Gasteiger partial charge in [-0.15, -0.1) is 0 Å². The van der Waals surface area contributed by atoms with Gasteiger partial charge in [0.25, 0.3) is 5.91 Å². The molecule has 0 bridgehead atoms. The molecule has 0 spiro atoms. The van der Waals surface area contributed by atoms with Crippen molar-refractivity contribution in [1.82, 2.24) is 4.90 Å². The summed E-state index contributed by atoms with van der Waals surface area (Å²) >= 11 is 0. The fourth-order valence-corrected chi connectivity index (χ4v) is 2.96. The lowest BCUT2D eigenvalue weighted by atomic mass is 10.1. The molecule has 0 atom stereocenters. The molecule has 24 heavy (non-hydrogen) atoms. The van der Waals surface area contributed by atoms with Crippen LogP contribution in [0.3, 0.4) is 0 Å². The van der Waals surface area contributed by atoms with Gasteiger partial charge >= 0.3 is 0 Å². The fourth-order valence-electron chi connectivity index (χ4n) is 2.96. The summed E-state index contributed by atoms with van der Waals surface area (Å²) in [5.74, 6) is -0.0235. The average molecular weight is 321 g/mol. The van der Waals surface area contributed by atoms with Crippen LogP contribution in [0.25, 0.3) is 0 Å². The van der Waals surface area contributed by atoms with Crippen molar-refractivity contribution in [3.63, 3.8) is 0 Å². The highest BCUT2D eigenvalue weighted by atomic mass is 16.2. The topological polar surface area (TPSA) is 35.9 Å². The second-order valence-electron chi connectivity index (χ2n) is 5.99. The van der Waals surface area contributed by atoms with Gasteiger partial charge in [0.15, 0.2) is 0 Å². The molecule has 0 aliphatic carbocycles. The van der Waals surface area contributed by atoms with Crippen molar-refractivity contribution in [3.8, 4) is 0 Å². The van der Waals surface area contributed by atoms with Crippen molar-refractivity contribution in [3.05, 3.63) is 59.7 Å². The summed E-state index contributed by atoms with van der Waals surface area (Å²) in [6.45, 7) is 8.66. The maximum atomic E-state index is 13.0. The lowest BCUT2D eigenvalue weighted by Gasteiger charge is -2.25. The Labute approximate surface area is 143 Å². The van der Waals surface area contributed by atoms with Gasteiger partial charge in [0.05, 0.1) is 18.0 Å². The molecule has 0 aromatic heterocycles. The number of aryl methyl sites for hydroxylation is 1. The minimum Gasteiger partial charge on any atom is -0.293 e. The number of benzene rings is 2. The Morgan fingerprint density at radius 2 is 1.79 bits per heavy atom. The van der Waals surface area contributed by atoms with Crippen molar-refractivity contribution in [2.75, 3.05) is 24.7 Å². The molecule has 3 rings (SSSR count). The molecule has 1 aliphatic rings.